The Morgan fingerprint density at radius 3 is 2.81 bits per heavy atom. The molecule has 1 saturated heterocycles. The average Bonchev–Trinajstić information content (AvgIpc) is 2.92. The first kappa shape index (κ1) is 25.0. The molecule has 1 amide bonds. The summed E-state index contributed by atoms with van der Waals surface area (Å²) in [5.41, 5.74) is 12.0. The zero-order valence-electron chi connectivity index (χ0n) is 21.1. The summed E-state index contributed by atoms with van der Waals surface area (Å²) >= 11 is 0. The molecule has 194 valence electrons. The molecule has 3 heterocycles. The Morgan fingerprint density at radius 2 is 2.00 bits per heavy atom. The van der Waals surface area contributed by atoms with Gasteiger partial charge in [0.1, 0.15) is 0 Å². The van der Waals surface area contributed by atoms with E-state index in [0.717, 1.165) is 76.9 Å². The van der Waals surface area contributed by atoms with Crippen molar-refractivity contribution in [1.82, 2.24) is 14.8 Å². The number of aryl methyl sites for hydroxylation is 1. The summed E-state index contributed by atoms with van der Waals surface area (Å²) < 4.78 is 5.58. The molecule has 1 aromatic carbocycles. The highest BCUT2D eigenvalue weighted by Gasteiger charge is 2.36. The van der Waals surface area contributed by atoms with Crippen LogP contribution in [0.4, 0.5) is 10.5 Å². The standard InChI is InChI=1S/C28H39N5O3/c29-11-1-2-13-32(26-10-3-6-21-8-5-12-30-27(21)26)20-23-18-24-22(19-33(23)28(34)35)7-4-9-25(24)31-14-16-36-17-15-31/h4-5,7-9,12,23,26H,1-3,6,10-11,13-20,29H2,(H,34,35)/t23-,26+/m1/s1. The number of benzene rings is 1. The summed E-state index contributed by atoms with van der Waals surface area (Å²) in [4.78, 5) is 23.8. The normalized spacial score (nSPS) is 21.8. The number of nitrogens with two attached hydrogens (primary N) is 1. The van der Waals surface area contributed by atoms with Crippen molar-refractivity contribution in [1.29, 1.82) is 0 Å². The number of hydrogen-bond donors (Lipinski definition) is 2. The number of rotatable bonds is 8. The van der Waals surface area contributed by atoms with Crippen molar-refractivity contribution < 1.29 is 14.6 Å². The van der Waals surface area contributed by atoms with Gasteiger partial charge in [-0.25, -0.2) is 4.79 Å². The third-order valence-corrected chi connectivity index (χ3v) is 8.02. The largest absolute Gasteiger partial charge is 0.465 e. The van der Waals surface area contributed by atoms with Gasteiger partial charge in [-0.05, 0) is 80.4 Å². The Balaban J connectivity index is 1.43. The van der Waals surface area contributed by atoms with Crippen LogP contribution < -0.4 is 10.6 Å². The molecule has 2 atom stereocenters. The maximum Gasteiger partial charge on any atom is 0.407 e. The van der Waals surface area contributed by atoms with Crippen LogP contribution in [0.2, 0.25) is 0 Å². The highest BCUT2D eigenvalue weighted by atomic mass is 16.5. The van der Waals surface area contributed by atoms with E-state index in [1.807, 2.05) is 12.3 Å². The number of carbonyl (C=O) groups is 1. The van der Waals surface area contributed by atoms with Crippen LogP contribution in [0.15, 0.2) is 36.5 Å². The van der Waals surface area contributed by atoms with Gasteiger partial charge in [-0.3, -0.25) is 14.8 Å². The number of amides is 1. The Labute approximate surface area is 214 Å². The smallest absolute Gasteiger partial charge is 0.407 e. The minimum absolute atomic E-state index is 0.107. The first-order valence-electron chi connectivity index (χ1n) is 13.5. The predicted octanol–water partition coefficient (Wildman–Crippen LogP) is 3.44. The molecule has 1 fully saturated rings. The summed E-state index contributed by atoms with van der Waals surface area (Å²) in [6.07, 6.45) is 7.01. The van der Waals surface area contributed by atoms with E-state index in [-0.39, 0.29) is 12.1 Å². The molecule has 0 bridgehead atoms. The summed E-state index contributed by atoms with van der Waals surface area (Å²) in [6.45, 7) is 5.93. The van der Waals surface area contributed by atoms with E-state index in [9.17, 15) is 9.90 Å². The molecular formula is C28H39N5O3. The van der Waals surface area contributed by atoms with Gasteiger partial charge in [0.2, 0.25) is 0 Å². The predicted molar refractivity (Wildman–Crippen MR) is 140 cm³/mol. The molecule has 2 aromatic rings. The monoisotopic (exact) mass is 493 g/mol. The van der Waals surface area contributed by atoms with Crippen molar-refractivity contribution in [2.45, 2.75) is 57.2 Å². The fourth-order valence-electron chi connectivity index (χ4n) is 6.20. The van der Waals surface area contributed by atoms with Crippen molar-refractivity contribution in [3.05, 3.63) is 58.9 Å². The number of pyridine rings is 1. The Bertz CT molecular complexity index is 1040. The number of aromatic nitrogens is 1. The average molecular weight is 494 g/mol. The molecule has 8 nitrogen and oxygen atoms in total. The summed E-state index contributed by atoms with van der Waals surface area (Å²) in [5, 5.41) is 10.2. The molecule has 1 aliphatic carbocycles. The van der Waals surface area contributed by atoms with Crippen LogP contribution in [0.3, 0.4) is 0 Å². The molecule has 3 N–H and O–H groups in total. The fraction of sp³-hybridized carbons (Fsp3) is 0.571. The number of anilines is 1. The number of carboxylic acid groups (broad SMARTS) is 1. The molecule has 5 rings (SSSR count). The number of unbranched alkanes of at least 4 members (excludes halogenated alkanes) is 1. The van der Waals surface area contributed by atoms with Crippen LogP contribution in [-0.4, -0.2) is 78.0 Å². The lowest BCUT2D eigenvalue weighted by atomic mass is 9.88. The van der Waals surface area contributed by atoms with Crippen molar-refractivity contribution in [2.24, 2.45) is 5.73 Å². The lowest BCUT2D eigenvalue weighted by Gasteiger charge is -2.43. The first-order chi connectivity index (χ1) is 17.7. The number of hydrogen-bond acceptors (Lipinski definition) is 6. The molecule has 0 radical (unpaired) electrons. The van der Waals surface area contributed by atoms with Crippen LogP contribution in [0, 0.1) is 0 Å². The molecule has 2 aliphatic heterocycles. The number of fused-ring (bicyclic) bond motifs is 2. The van der Waals surface area contributed by atoms with Crippen LogP contribution in [0.1, 0.15) is 54.1 Å². The second-order valence-corrected chi connectivity index (χ2v) is 10.2. The van der Waals surface area contributed by atoms with Gasteiger partial charge in [0, 0.05) is 38.1 Å². The van der Waals surface area contributed by atoms with Crippen molar-refractivity contribution in [3.8, 4) is 0 Å². The van der Waals surface area contributed by atoms with Gasteiger partial charge in [-0.1, -0.05) is 18.2 Å². The third kappa shape index (κ3) is 5.36. The van der Waals surface area contributed by atoms with Crippen LogP contribution in [-0.2, 0) is 24.1 Å². The number of ether oxygens (including phenoxy) is 1. The second-order valence-electron chi connectivity index (χ2n) is 10.2. The lowest BCUT2D eigenvalue weighted by molar-refractivity contribution is 0.0780. The third-order valence-electron chi connectivity index (χ3n) is 8.02. The Kier molecular flexibility index (Phi) is 8.04. The number of nitrogens with zero attached hydrogens (tertiary/aromatic N) is 4. The van der Waals surface area contributed by atoms with Crippen LogP contribution in [0.25, 0.3) is 0 Å². The molecular weight excluding hydrogens is 454 g/mol. The second kappa shape index (κ2) is 11.6. The van der Waals surface area contributed by atoms with E-state index in [2.05, 4.69) is 34.1 Å². The minimum Gasteiger partial charge on any atom is -0.465 e. The lowest BCUT2D eigenvalue weighted by Crippen LogP contribution is -2.51. The van der Waals surface area contributed by atoms with Gasteiger partial charge >= 0.3 is 6.09 Å². The van der Waals surface area contributed by atoms with E-state index in [4.69, 9.17) is 15.5 Å². The van der Waals surface area contributed by atoms with Crippen LogP contribution >= 0.6 is 0 Å². The summed E-state index contributed by atoms with van der Waals surface area (Å²) in [7, 11) is 0. The maximum atomic E-state index is 12.4. The SMILES string of the molecule is NCCCCN(C[C@H]1Cc2c(cccc2N2CCOCC2)CN1C(=O)O)[C@H]1CCCc2cccnc21. The van der Waals surface area contributed by atoms with Gasteiger partial charge < -0.3 is 20.5 Å². The van der Waals surface area contributed by atoms with Crippen molar-refractivity contribution >= 4 is 11.8 Å². The summed E-state index contributed by atoms with van der Waals surface area (Å²) in [5.74, 6) is 0. The molecule has 3 aliphatic rings. The quantitative estimate of drug-likeness (QED) is 0.544. The molecule has 0 spiro atoms. The van der Waals surface area contributed by atoms with Gasteiger partial charge in [-0.2, -0.15) is 0 Å². The maximum absolute atomic E-state index is 12.4. The van der Waals surface area contributed by atoms with Crippen LogP contribution in [0.5, 0.6) is 0 Å². The van der Waals surface area contributed by atoms with Crippen molar-refractivity contribution in [2.75, 3.05) is 50.8 Å². The Morgan fingerprint density at radius 1 is 1.17 bits per heavy atom. The molecule has 8 heteroatoms. The van der Waals surface area contributed by atoms with E-state index < -0.39 is 6.09 Å². The van der Waals surface area contributed by atoms with Gasteiger partial charge in [0.25, 0.3) is 0 Å². The highest BCUT2D eigenvalue weighted by Crippen LogP contribution is 2.36. The topological polar surface area (TPSA) is 95.2 Å². The first-order valence-corrected chi connectivity index (χ1v) is 13.5. The minimum atomic E-state index is -0.841. The zero-order valence-corrected chi connectivity index (χ0v) is 21.1. The Hall–Kier alpha value is -2.68. The van der Waals surface area contributed by atoms with Gasteiger partial charge in [0.15, 0.2) is 0 Å². The van der Waals surface area contributed by atoms with Gasteiger partial charge in [-0.15, -0.1) is 0 Å². The van der Waals surface area contributed by atoms with E-state index in [1.165, 1.54) is 22.5 Å². The fourth-order valence-corrected chi connectivity index (χ4v) is 6.20. The molecule has 1 aromatic heterocycles. The van der Waals surface area contributed by atoms with Crippen molar-refractivity contribution in [3.63, 3.8) is 0 Å². The molecule has 36 heavy (non-hydrogen) atoms. The molecule has 0 saturated carbocycles. The molecule has 0 unspecified atom stereocenters. The van der Waals surface area contributed by atoms with E-state index in [1.54, 1.807) is 4.90 Å². The zero-order chi connectivity index (χ0) is 24.9. The van der Waals surface area contributed by atoms with E-state index >= 15 is 0 Å². The summed E-state index contributed by atoms with van der Waals surface area (Å²) in [6, 6.07) is 10.7. The van der Waals surface area contributed by atoms with Gasteiger partial charge in [0.05, 0.1) is 31.0 Å². The number of morpholine rings is 1. The van der Waals surface area contributed by atoms with E-state index in [0.29, 0.717) is 19.6 Å². The highest BCUT2D eigenvalue weighted by molar-refractivity contribution is 5.68.